The zero-order chi connectivity index (χ0) is 22.8. The zero-order valence-corrected chi connectivity index (χ0v) is 19.0. The molecule has 162 valence electrons. The number of hydrogen-bond donors (Lipinski definition) is 1. The zero-order valence-electron chi connectivity index (χ0n) is 17.4. The number of nitrogens with one attached hydrogen (secondary N) is 1. The molecular formula is C25H20ClFN2O2S. The molecule has 1 N–H and O–H groups in total. The van der Waals surface area contributed by atoms with E-state index in [1.807, 2.05) is 24.3 Å². The number of hydrogen-bond acceptors (Lipinski definition) is 4. The highest BCUT2D eigenvalue weighted by molar-refractivity contribution is 8.04. The van der Waals surface area contributed by atoms with Crippen LogP contribution in [-0.4, -0.2) is 11.8 Å². The van der Waals surface area contributed by atoms with Gasteiger partial charge in [0.15, 0.2) is 0 Å². The van der Waals surface area contributed by atoms with Crippen LogP contribution < -0.4 is 10.2 Å². The Bertz CT molecular complexity index is 1190. The van der Waals surface area contributed by atoms with Crippen LogP contribution >= 0.6 is 23.4 Å². The first-order chi connectivity index (χ1) is 15.3. The Morgan fingerprint density at radius 3 is 2.09 bits per heavy atom. The molecule has 3 aromatic rings. The molecule has 0 radical (unpaired) electrons. The molecule has 0 saturated heterocycles. The van der Waals surface area contributed by atoms with Gasteiger partial charge in [0.25, 0.3) is 11.8 Å². The smallest absolute Gasteiger partial charge is 0.283 e. The molecule has 4 rings (SSSR count). The van der Waals surface area contributed by atoms with Gasteiger partial charge in [0, 0.05) is 15.6 Å². The van der Waals surface area contributed by atoms with E-state index in [0.717, 1.165) is 9.80 Å². The van der Waals surface area contributed by atoms with E-state index in [9.17, 15) is 14.0 Å². The number of amides is 2. The van der Waals surface area contributed by atoms with Gasteiger partial charge in [0.2, 0.25) is 0 Å². The minimum atomic E-state index is -0.494. The van der Waals surface area contributed by atoms with Crippen molar-refractivity contribution >= 4 is 46.6 Å². The maximum absolute atomic E-state index is 13.4. The van der Waals surface area contributed by atoms with Crippen molar-refractivity contribution in [3.05, 3.63) is 99.8 Å². The average Bonchev–Trinajstić information content (AvgIpc) is 3.00. The molecule has 0 aromatic heterocycles. The van der Waals surface area contributed by atoms with Crippen molar-refractivity contribution in [3.63, 3.8) is 0 Å². The van der Waals surface area contributed by atoms with Gasteiger partial charge >= 0.3 is 0 Å². The van der Waals surface area contributed by atoms with E-state index >= 15 is 0 Å². The van der Waals surface area contributed by atoms with E-state index in [0.29, 0.717) is 22.3 Å². The predicted octanol–water partition coefficient (Wildman–Crippen LogP) is 6.59. The Balaban J connectivity index is 1.71. The Hall–Kier alpha value is -3.09. The summed E-state index contributed by atoms with van der Waals surface area (Å²) in [4.78, 5) is 28.7. The van der Waals surface area contributed by atoms with Crippen LogP contribution in [-0.2, 0) is 9.59 Å². The van der Waals surface area contributed by atoms with E-state index in [1.54, 1.807) is 24.3 Å². The molecular weight excluding hydrogens is 447 g/mol. The maximum Gasteiger partial charge on any atom is 0.283 e. The third-order valence-electron chi connectivity index (χ3n) is 5.01. The highest BCUT2D eigenvalue weighted by Crippen LogP contribution is 2.38. The number of carbonyl (C=O) groups is 2. The standard InChI is InChI=1S/C25H20ClFN2O2S/c1-15(2)16-3-9-19(10-4-16)28-22-23(32-21-13-5-17(26)6-14-21)25(31)29(24(22)30)20-11-7-18(27)8-12-20/h3-15,28H,1-2H3. The van der Waals surface area contributed by atoms with Crippen LogP contribution in [0.3, 0.4) is 0 Å². The number of benzene rings is 3. The summed E-state index contributed by atoms with van der Waals surface area (Å²) in [5.41, 5.74) is 2.35. The van der Waals surface area contributed by atoms with Crippen molar-refractivity contribution < 1.29 is 14.0 Å². The molecule has 1 aliphatic heterocycles. The van der Waals surface area contributed by atoms with E-state index in [1.165, 1.54) is 41.6 Å². The Morgan fingerprint density at radius 2 is 1.50 bits per heavy atom. The normalized spacial score (nSPS) is 14.0. The third kappa shape index (κ3) is 4.56. The molecule has 0 bridgehead atoms. The Morgan fingerprint density at radius 1 is 0.875 bits per heavy atom. The summed E-state index contributed by atoms with van der Waals surface area (Å²) in [5, 5.41) is 3.70. The lowest BCUT2D eigenvalue weighted by Crippen LogP contribution is -2.32. The molecule has 0 atom stereocenters. The van der Waals surface area contributed by atoms with Crippen molar-refractivity contribution in [3.8, 4) is 0 Å². The third-order valence-corrected chi connectivity index (χ3v) is 6.35. The summed E-state index contributed by atoms with van der Waals surface area (Å²) in [6.07, 6.45) is 0. The summed E-state index contributed by atoms with van der Waals surface area (Å²) < 4.78 is 13.4. The first-order valence-electron chi connectivity index (χ1n) is 10.0. The molecule has 0 spiro atoms. The summed E-state index contributed by atoms with van der Waals surface area (Å²) in [6, 6.07) is 20.0. The van der Waals surface area contributed by atoms with E-state index in [-0.39, 0.29) is 10.6 Å². The summed E-state index contributed by atoms with van der Waals surface area (Å²) in [6.45, 7) is 4.21. The predicted molar refractivity (Wildman–Crippen MR) is 127 cm³/mol. The molecule has 2 amide bonds. The first kappa shape index (κ1) is 22.1. The fraction of sp³-hybridized carbons (Fsp3) is 0.120. The maximum atomic E-state index is 13.4. The summed E-state index contributed by atoms with van der Waals surface area (Å²) >= 11 is 7.15. The minimum absolute atomic E-state index is 0.177. The van der Waals surface area contributed by atoms with Crippen molar-refractivity contribution in [2.75, 3.05) is 10.2 Å². The number of nitrogens with zero attached hydrogens (tertiary/aromatic N) is 1. The van der Waals surface area contributed by atoms with Crippen LogP contribution in [0.2, 0.25) is 5.02 Å². The highest BCUT2D eigenvalue weighted by Gasteiger charge is 2.40. The second-order valence-corrected chi connectivity index (χ2v) is 9.10. The molecule has 4 nitrogen and oxygen atoms in total. The van der Waals surface area contributed by atoms with Crippen LogP contribution in [0, 0.1) is 5.82 Å². The molecule has 0 unspecified atom stereocenters. The number of thioether (sulfide) groups is 1. The van der Waals surface area contributed by atoms with Gasteiger partial charge in [-0.25, -0.2) is 9.29 Å². The Kier molecular flexibility index (Phi) is 6.35. The SMILES string of the molecule is CC(C)c1ccc(NC2=C(Sc3ccc(Cl)cc3)C(=O)N(c3ccc(F)cc3)C2=O)cc1. The second kappa shape index (κ2) is 9.18. The molecule has 0 aliphatic carbocycles. The molecule has 7 heteroatoms. The lowest BCUT2D eigenvalue weighted by Gasteiger charge is -2.15. The molecule has 3 aromatic carbocycles. The lowest BCUT2D eigenvalue weighted by atomic mass is 10.0. The van der Waals surface area contributed by atoms with Gasteiger partial charge in [-0.05, 0) is 72.1 Å². The highest BCUT2D eigenvalue weighted by atomic mass is 35.5. The largest absolute Gasteiger partial charge is 0.350 e. The van der Waals surface area contributed by atoms with Gasteiger partial charge < -0.3 is 5.32 Å². The molecule has 32 heavy (non-hydrogen) atoms. The van der Waals surface area contributed by atoms with E-state index < -0.39 is 17.6 Å². The lowest BCUT2D eigenvalue weighted by molar-refractivity contribution is -0.120. The van der Waals surface area contributed by atoms with Gasteiger partial charge in [-0.1, -0.05) is 49.3 Å². The first-order valence-corrected chi connectivity index (χ1v) is 11.2. The van der Waals surface area contributed by atoms with Gasteiger partial charge in [0.05, 0.1) is 5.69 Å². The fourth-order valence-electron chi connectivity index (χ4n) is 3.26. The number of carbonyl (C=O) groups excluding carboxylic acids is 2. The van der Waals surface area contributed by atoms with Crippen molar-refractivity contribution in [1.82, 2.24) is 0 Å². The number of rotatable bonds is 6. The van der Waals surface area contributed by atoms with E-state index in [2.05, 4.69) is 19.2 Å². The fourth-order valence-corrected chi connectivity index (χ4v) is 4.31. The van der Waals surface area contributed by atoms with Crippen molar-refractivity contribution in [2.45, 2.75) is 24.7 Å². The van der Waals surface area contributed by atoms with Crippen molar-refractivity contribution in [2.24, 2.45) is 0 Å². The minimum Gasteiger partial charge on any atom is -0.350 e. The van der Waals surface area contributed by atoms with Crippen LogP contribution in [0.1, 0.15) is 25.3 Å². The van der Waals surface area contributed by atoms with Crippen LogP contribution in [0.4, 0.5) is 15.8 Å². The van der Waals surface area contributed by atoms with Crippen LogP contribution in [0.15, 0.2) is 88.3 Å². The van der Waals surface area contributed by atoms with Gasteiger partial charge in [0.1, 0.15) is 16.4 Å². The average molecular weight is 467 g/mol. The van der Waals surface area contributed by atoms with E-state index in [4.69, 9.17) is 11.6 Å². The Labute approximate surface area is 195 Å². The molecule has 0 fully saturated rings. The number of anilines is 2. The van der Waals surface area contributed by atoms with Gasteiger partial charge in [-0.15, -0.1) is 0 Å². The second-order valence-electron chi connectivity index (χ2n) is 7.58. The number of imide groups is 1. The quantitative estimate of drug-likeness (QED) is 0.416. The van der Waals surface area contributed by atoms with Crippen molar-refractivity contribution in [1.29, 1.82) is 0 Å². The number of halogens is 2. The summed E-state index contributed by atoms with van der Waals surface area (Å²) in [5.74, 6) is -1.03. The molecule has 0 saturated carbocycles. The van der Waals surface area contributed by atoms with Gasteiger partial charge in [-0.2, -0.15) is 0 Å². The van der Waals surface area contributed by atoms with Crippen LogP contribution in [0.25, 0.3) is 0 Å². The monoisotopic (exact) mass is 466 g/mol. The molecule has 1 aliphatic rings. The van der Waals surface area contributed by atoms with Crippen LogP contribution in [0.5, 0.6) is 0 Å². The molecule has 1 heterocycles. The topological polar surface area (TPSA) is 49.4 Å². The van der Waals surface area contributed by atoms with Gasteiger partial charge in [-0.3, -0.25) is 9.59 Å². The summed E-state index contributed by atoms with van der Waals surface area (Å²) in [7, 11) is 0.